The summed E-state index contributed by atoms with van der Waals surface area (Å²) in [6.45, 7) is 4.62. The van der Waals surface area contributed by atoms with Crippen molar-refractivity contribution >= 4 is 11.8 Å². The van der Waals surface area contributed by atoms with Crippen molar-refractivity contribution in [1.29, 1.82) is 0 Å². The van der Waals surface area contributed by atoms with E-state index in [1.807, 2.05) is 0 Å². The van der Waals surface area contributed by atoms with E-state index in [-0.39, 0.29) is 6.04 Å². The van der Waals surface area contributed by atoms with Crippen LogP contribution >= 0.6 is 11.8 Å². The molecular formula is C17H27NS. The summed E-state index contributed by atoms with van der Waals surface area (Å²) in [4.78, 5) is 0. The van der Waals surface area contributed by atoms with Crippen LogP contribution in [0.5, 0.6) is 0 Å². The minimum Gasteiger partial charge on any atom is -0.323 e. The second kappa shape index (κ2) is 7.35. The third kappa shape index (κ3) is 4.25. The Kier molecular flexibility index (Phi) is 5.77. The minimum atomic E-state index is 0.160. The Morgan fingerprint density at radius 1 is 1.05 bits per heavy atom. The first-order valence-electron chi connectivity index (χ1n) is 7.64. The smallest absolute Gasteiger partial charge is 0.0418 e. The zero-order valence-electron chi connectivity index (χ0n) is 12.2. The Morgan fingerprint density at radius 3 is 2.26 bits per heavy atom. The molecule has 0 spiro atoms. The van der Waals surface area contributed by atoms with Crippen molar-refractivity contribution in [2.75, 3.05) is 0 Å². The van der Waals surface area contributed by atoms with Gasteiger partial charge < -0.3 is 5.73 Å². The van der Waals surface area contributed by atoms with Gasteiger partial charge in [0.2, 0.25) is 0 Å². The van der Waals surface area contributed by atoms with Gasteiger partial charge >= 0.3 is 0 Å². The first-order chi connectivity index (χ1) is 9.18. The van der Waals surface area contributed by atoms with Gasteiger partial charge in [-0.3, -0.25) is 0 Å². The molecule has 2 atom stereocenters. The van der Waals surface area contributed by atoms with Crippen molar-refractivity contribution in [2.24, 2.45) is 11.7 Å². The number of benzene rings is 1. The SMILES string of the molecule is CC(C)C(SC1CCCCC1)C(N)c1ccccc1. The Labute approximate surface area is 122 Å². The van der Waals surface area contributed by atoms with Crippen LogP contribution in [-0.2, 0) is 0 Å². The lowest BCUT2D eigenvalue weighted by Gasteiger charge is -2.32. The van der Waals surface area contributed by atoms with E-state index in [0.717, 1.165) is 5.25 Å². The zero-order chi connectivity index (χ0) is 13.7. The highest BCUT2D eigenvalue weighted by Gasteiger charge is 2.27. The molecule has 2 N–H and O–H groups in total. The summed E-state index contributed by atoms with van der Waals surface area (Å²) < 4.78 is 0. The van der Waals surface area contributed by atoms with Gasteiger partial charge in [-0.15, -0.1) is 0 Å². The molecule has 2 heteroatoms. The van der Waals surface area contributed by atoms with E-state index in [9.17, 15) is 0 Å². The van der Waals surface area contributed by atoms with Gasteiger partial charge in [0.25, 0.3) is 0 Å². The Balaban J connectivity index is 2.02. The number of hydrogen-bond acceptors (Lipinski definition) is 2. The fourth-order valence-electron chi connectivity index (χ4n) is 2.94. The predicted octanol–water partition coefficient (Wildman–Crippen LogP) is 4.78. The molecule has 0 aliphatic heterocycles. The first-order valence-corrected chi connectivity index (χ1v) is 8.58. The normalized spacial score (nSPS) is 20.4. The zero-order valence-corrected chi connectivity index (χ0v) is 13.0. The fourth-order valence-corrected chi connectivity index (χ4v) is 4.64. The number of rotatable bonds is 5. The number of nitrogens with two attached hydrogens (primary N) is 1. The van der Waals surface area contributed by atoms with E-state index in [4.69, 9.17) is 5.73 Å². The standard InChI is InChI=1S/C17H27NS/c1-13(2)17(19-15-11-7-4-8-12-15)16(18)14-9-5-3-6-10-14/h3,5-6,9-10,13,15-17H,4,7-8,11-12,18H2,1-2H3. The molecule has 1 aliphatic carbocycles. The Morgan fingerprint density at radius 2 is 1.68 bits per heavy atom. The van der Waals surface area contributed by atoms with Crippen LogP contribution in [0.1, 0.15) is 57.6 Å². The van der Waals surface area contributed by atoms with Crippen molar-refractivity contribution in [3.05, 3.63) is 35.9 Å². The van der Waals surface area contributed by atoms with Crippen LogP contribution in [0.4, 0.5) is 0 Å². The van der Waals surface area contributed by atoms with Gasteiger partial charge in [-0.05, 0) is 24.3 Å². The van der Waals surface area contributed by atoms with Gasteiger partial charge in [-0.1, -0.05) is 63.4 Å². The van der Waals surface area contributed by atoms with Gasteiger partial charge in [-0.25, -0.2) is 0 Å². The molecule has 0 heterocycles. The van der Waals surface area contributed by atoms with Crippen molar-refractivity contribution in [3.63, 3.8) is 0 Å². The molecule has 1 aliphatic rings. The van der Waals surface area contributed by atoms with E-state index < -0.39 is 0 Å². The van der Waals surface area contributed by atoms with Crippen molar-refractivity contribution in [1.82, 2.24) is 0 Å². The molecule has 0 radical (unpaired) electrons. The quantitative estimate of drug-likeness (QED) is 0.838. The highest BCUT2D eigenvalue weighted by molar-refractivity contribution is 8.00. The average molecular weight is 277 g/mol. The molecule has 1 saturated carbocycles. The van der Waals surface area contributed by atoms with Crippen LogP contribution in [0.3, 0.4) is 0 Å². The lowest BCUT2D eigenvalue weighted by atomic mass is 9.97. The summed E-state index contributed by atoms with van der Waals surface area (Å²) in [7, 11) is 0. The molecular weight excluding hydrogens is 250 g/mol. The molecule has 2 unspecified atom stereocenters. The topological polar surface area (TPSA) is 26.0 Å². The van der Waals surface area contributed by atoms with Crippen LogP contribution in [0.2, 0.25) is 0 Å². The van der Waals surface area contributed by atoms with Gasteiger partial charge in [0.1, 0.15) is 0 Å². The predicted molar refractivity (Wildman–Crippen MR) is 86.5 cm³/mol. The second-order valence-corrected chi connectivity index (χ2v) is 7.52. The van der Waals surface area contributed by atoms with E-state index in [2.05, 4.69) is 55.9 Å². The van der Waals surface area contributed by atoms with Crippen molar-refractivity contribution in [3.8, 4) is 0 Å². The molecule has 0 amide bonds. The highest BCUT2D eigenvalue weighted by atomic mass is 32.2. The summed E-state index contributed by atoms with van der Waals surface area (Å²) in [5, 5.41) is 1.36. The molecule has 0 saturated heterocycles. The van der Waals surface area contributed by atoms with Gasteiger partial charge in [0, 0.05) is 16.5 Å². The second-order valence-electron chi connectivity index (χ2n) is 6.04. The number of thioether (sulfide) groups is 1. The van der Waals surface area contributed by atoms with Crippen molar-refractivity contribution < 1.29 is 0 Å². The third-order valence-corrected chi connectivity index (χ3v) is 6.11. The van der Waals surface area contributed by atoms with E-state index in [1.54, 1.807) is 0 Å². The van der Waals surface area contributed by atoms with Crippen molar-refractivity contribution in [2.45, 2.75) is 62.5 Å². The van der Waals surface area contributed by atoms with Gasteiger partial charge in [-0.2, -0.15) is 11.8 Å². The van der Waals surface area contributed by atoms with E-state index in [1.165, 1.54) is 37.7 Å². The van der Waals surface area contributed by atoms with Crippen LogP contribution < -0.4 is 5.73 Å². The number of hydrogen-bond donors (Lipinski definition) is 1. The molecule has 1 aromatic rings. The summed E-state index contributed by atoms with van der Waals surface area (Å²) in [5.41, 5.74) is 7.82. The fraction of sp³-hybridized carbons (Fsp3) is 0.647. The van der Waals surface area contributed by atoms with Crippen LogP contribution in [0.15, 0.2) is 30.3 Å². The first kappa shape index (κ1) is 14.9. The maximum Gasteiger partial charge on any atom is 0.0418 e. The van der Waals surface area contributed by atoms with E-state index >= 15 is 0 Å². The molecule has 1 nitrogen and oxygen atoms in total. The molecule has 0 aromatic heterocycles. The molecule has 1 fully saturated rings. The summed E-state index contributed by atoms with van der Waals surface area (Å²) >= 11 is 2.15. The molecule has 19 heavy (non-hydrogen) atoms. The Bertz CT molecular complexity index is 357. The van der Waals surface area contributed by atoms with Gasteiger partial charge in [0.05, 0.1) is 0 Å². The summed E-state index contributed by atoms with van der Waals surface area (Å²) in [5.74, 6) is 0.627. The maximum absolute atomic E-state index is 6.54. The van der Waals surface area contributed by atoms with E-state index in [0.29, 0.717) is 11.2 Å². The maximum atomic E-state index is 6.54. The highest BCUT2D eigenvalue weighted by Crippen LogP contribution is 2.38. The average Bonchev–Trinajstić information content (AvgIpc) is 2.46. The third-order valence-electron chi connectivity index (χ3n) is 4.10. The molecule has 2 rings (SSSR count). The van der Waals surface area contributed by atoms with Crippen LogP contribution in [0, 0.1) is 5.92 Å². The van der Waals surface area contributed by atoms with Crippen LogP contribution in [0.25, 0.3) is 0 Å². The minimum absolute atomic E-state index is 0.160. The monoisotopic (exact) mass is 277 g/mol. The summed E-state index contributed by atoms with van der Waals surface area (Å²) in [6, 6.07) is 10.8. The lowest BCUT2D eigenvalue weighted by Crippen LogP contribution is -2.30. The molecule has 1 aromatic carbocycles. The largest absolute Gasteiger partial charge is 0.323 e. The lowest BCUT2D eigenvalue weighted by molar-refractivity contribution is 0.495. The molecule has 0 bridgehead atoms. The Hall–Kier alpha value is -0.470. The van der Waals surface area contributed by atoms with Crippen LogP contribution in [-0.4, -0.2) is 10.5 Å². The molecule has 106 valence electrons. The van der Waals surface area contributed by atoms with Gasteiger partial charge in [0.15, 0.2) is 0 Å². The summed E-state index contributed by atoms with van der Waals surface area (Å²) in [6.07, 6.45) is 7.01.